The largest absolute Gasteiger partial charge is 0.493 e. The molecule has 2 rings (SSSR count). The van der Waals surface area contributed by atoms with Gasteiger partial charge in [0.15, 0.2) is 11.5 Å². The van der Waals surface area contributed by atoms with E-state index in [1.165, 1.54) is 5.56 Å². The Morgan fingerprint density at radius 2 is 1.79 bits per heavy atom. The third-order valence-corrected chi connectivity index (χ3v) is 3.54. The first-order chi connectivity index (χ1) is 9.19. The minimum absolute atomic E-state index is 0.202. The summed E-state index contributed by atoms with van der Waals surface area (Å²) < 4.78 is 10.6. The number of methoxy groups -OCH3 is 2. The number of rotatable bonds is 4. The number of fused-ring (bicyclic) bond motifs is 1. The molecule has 0 N–H and O–H groups in total. The normalized spacial score (nSPS) is 14.9. The van der Waals surface area contributed by atoms with Crippen LogP contribution in [0.2, 0.25) is 0 Å². The van der Waals surface area contributed by atoms with Gasteiger partial charge in [-0.05, 0) is 36.1 Å². The van der Waals surface area contributed by atoms with E-state index in [1.807, 2.05) is 17.0 Å². The highest BCUT2D eigenvalue weighted by Gasteiger charge is 2.21. The second-order valence-corrected chi connectivity index (χ2v) is 4.78. The van der Waals surface area contributed by atoms with Crippen LogP contribution >= 0.6 is 0 Å². The topological polar surface area (TPSA) is 38.8 Å². The molecule has 4 heteroatoms. The highest BCUT2D eigenvalue weighted by Crippen LogP contribution is 2.32. The molecule has 0 spiro atoms. The number of carbonyl (C=O) groups excluding carboxylic acids is 1. The molecule has 0 radical (unpaired) electrons. The molecule has 1 aromatic rings. The third-order valence-electron chi connectivity index (χ3n) is 3.54. The number of benzene rings is 1. The zero-order valence-electron chi connectivity index (χ0n) is 11.9. The Kier molecular flexibility index (Phi) is 4.30. The minimum atomic E-state index is 0.202. The van der Waals surface area contributed by atoms with Crippen molar-refractivity contribution >= 4 is 5.91 Å². The van der Waals surface area contributed by atoms with Gasteiger partial charge in [-0.2, -0.15) is 0 Å². The Balaban J connectivity index is 2.31. The number of amides is 1. The molecular weight excluding hydrogens is 242 g/mol. The van der Waals surface area contributed by atoms with Crippen molar-refractivity contribution in [3.05, 3.63) is 23.3 Å². The molecule has 1 aliphatic rings. The number of ether oxygens (including phenoxy) is 2. The first-order valence-corrected chi connectivity index (χ1v) is 6.71. The van der Waals surface area contributed by atoms with Gasteiger partial charge in [0.2, 0.25) is 5.91 Å². The summed E-state index contributed by atoms with van der Waals surface area (Å²) in [4.78, 5) is 14.1. The van der Waals surface area contributed by atoms with Gasteiger partial charge in [0.25, 0.3) is 0 Å². The predicted molar refractivity (Wildman–Crippen MR) is 73.8 cm³/mol. The number of hydrogen-bond acceptors (Lipinski definition) is 3. The molecule has 0 saturated heterocycles. The summed E-state index contributed by atoms with van der Waals surface area (Å²) in [7, 11) is 3.25. The molecule has 1 aliphatic heterocycles. The van der Waals surface area contributed by atoms with E-state index < -0.39 is 0 Å². The van der Waals surface area contributed by atoms with Gasteiger partial charge in [0.05, 0.1) is 20.6 Å². The second-order valence-electron chi connectivity index (χ2n) is 4.78. The van der Waals surface area contributed by atoms with Crippen LogP contribution in [0.15, 0.2) is 12.1 Å². The maximum Gasteiger partial charge on any atom is 0.227 e. The summed E-state index contributed by atoms with van der Waals surface area (Å²) in [6, 6.07) is 3.93. The van der Waals surface area contributed by atoms with E-state index in [0.29, 0.717) is 12.2 Å². The number of carbonyl (C=O) groups is 1. The van der Waals surface area contributed by atoms with Crippen molar-refractivity contribution < 1.29 is 14.3 Å². The van der Waals surface area contributed by atoms with Crippen LogP contribution in [0.5, 0.6) is 11.5 Å². The van der Waals surface area contributed by atoms with Crippen LogP contribution in [0.4, 0.5) is 0 Å². The van der Waals surface area contributed by atoms with Gasteiger partial charge in [0.1, 0.15) is 0 Å². The molecule has 1 amide bonds. The standard InChI is InChI=1S/C15H21NO3/c1-4-6-16-7-5-11-8-13(18-2)14(19-3)9-12(11)10-15(16)17/h8-9H,4-7,10H2,1-3H3. The zero-order valence-corrected chi connectivity index (χ0v) is 11.9. The lowest BCUT2D eigenvalue weighted by Gasteiger charge is -2.19. The average Bonchev–Trinajstić information content (AvgIpc) is 2.57. The monoisotopic (exact) mass is 263 g/mol. The Hall–Kier alpha value is -1.71. The summed E-state index contributed by atoms with van der Waals surface area (Å²) in [6.07, 6.45) is 2.33. The van der Waals surface area contributed by atoms with Crippen LogP contribution < -0.4 is 9.47 Å². The fourth-order valence-electron chi connectivity index (χ4n) is 2.52. The average molecular weight is 263 g/mol. The number of nitrogens with zero attached hydrogens (tertiary/aromatic N) is 1. The van der Waals surface area contributed by atoms with Gasteiger partial charge in [-0.25, -0.2) is 0 Å². The molecule has 0 aromatic heterocycles. The highest BCUT2D eigenvalue weighted by atomic mass is 16.5. The van der Waals surface area contributed by atoms with Gasteiger partial charge < -0.3 is 14.4 Å². The van der Waals surface area contributed by atoms with Crippen molar-refractivity contribution in [2.75, 3.05) is 27.3 Å². The second kappa shape index (κ2) is 5.95. The Labute approximate surface area is 114 Å². The molecular formula is C15H21NO3. The molecule has 1 aromatic carbocycles. The molecule has 19 heavy (non-hydrogen) atoms. The summed E-state index contributed by atoms with van der Waals surface area (Å²) in [5.41, 5.74) is 2.24. The van der Waals surface area contributed by atoms with Crippen molar-refractivity contribution in [3.63, 3.8) is 0 Å². The van der Waals surface area contributed by atoms with Crippen molar-refractivity contribution in [2.24, 2.45) is 0 Å². The lowest BCUT2D eigenvalue weighted by molar-refractivity contribution is -0.130. The van der Waals surface area contributed by atoms with Crippen LogP contribution in [0.1, 0.15) is 24.5 Å². The van der Waals surface area contributed by atoms with Crippen molar-refractivity contribution in [3.8, 4) is 11.5 Å². The van der Waals surface area contributed by atoms with Crippen LogP contribution in [0.25, 0.3) is 0 Å². The fourth-order valence-corrected chi connectivity index (χ4v) is 2.52. The Morgan fingerprint density at radius 3 is 2.37 bits per heavy atom. The fraction of sp³-hybridized carbons (Fsp3) is 0.533. The van der Waals surface area contributed by atoms with Gasteiger partial charge in [-0.3, -0.25) is 4.79 Å². The highest BCUT2D eigenvalue weighted by molar-refractivity contribution is 5.80. The van der Waals surface area contributed by atoms with Gasteiger partial charge in [0, 0.05) is 13.1 Å². The lowest BCUT2D eigenvalue weighted by atomic mass is 10.0. The summed E-state index contributed by atoms with van der Waals surface area (Å²) >= 11 is 0. The first-order valence-electron chi connectivity index (χ1n) is 6.71. The molecule has 0 bridgehead atoms. The van der Waals surface area contributed by atoms with Crippen LogP contribution in [0.3, 0.4) is 0 Å². The predicted octanol–water partition coefficient (Wildman–Crippen LogP) is 2.04. The van der Waals surface area contributed by atoms with Gasteiger partial charge >= 0.3 is 0 Å². The quantitative estimate of drug-likeness (QED) is 0.834. The minimum Gasteiger partial charge on any atom is -0.493 e. The van der Waals surface area contributed by atoms with Crippen LogP contribution in [-0.4, -0.2) is 38.1 Å². The smallest absolute Gasteiger partial charge is 0.227 e. The molecule has 104 valence electrons. The molecule has 0 aliphatic carbocycles. The Morgan fingerprint density at radius 1 is 1.16 bits per heavy atom. The molecule has 0 saturated carbocycles. The van der Waals surface area contributed by atoms with E-state index in [-0.39, 0.29) is 5.91 Å². The Bertz CT molecular complexity index is 471. The van der Waals surface area contributed by atoms with Gasteiger partial charge in [-0.1, -0.05) is 6.92 Å². The third kappa shape index (κ3) is 2.83. The van der Waals surface area contributed by atoms with Crippen molar-refractivity contribution in [1.82, 2.24) is 4.90 Å². The van der Waals surface area contributed by atoms with E-state index in [4.69, 9.17) is 9.47 Å². The molecule has 0 atom stereocenters. The van der Waals surface area contributed by atoms with E-state index in [0.717, 1.165) is 37.2 Å². The van der Waals surface area contributed by atoms with E-state index >= 15 is 0 Å². The van der Waals surface area contributed by atoms with Crippen LogP contribution in [-0.2, 0) is 17.6 Å². The summed E-state index contributed by atoms with van der Waals surface area (Å²) in [5.74, 6) is 1.63. The summed E-state index contributed by atoms with van der Waals surface area (Å²) in [6.45, 7) is 3.72. The van der Waals surface area contributed by atoms with E-state index in [9.17, 15) is 4.79 Å². The van der Waals surface area contributed by atoms with Crippen LogP contribution in [0, 0.1) is 0 Å². The zero-order chi connectivity index (χ0) is 13.8. The maximum absolute atomic E-state index is 12.2. The first kappa shape index (κ1) is 13.7. The summed E-state index contributed by atoms with van der Waals surface area (Å²) in [5, 5.41) is 0. The van der Waals surface area contributed by atoms with Crippen molar-refractivity contribution in [2.45, 2.75) is 26.2 Å². The van der Waals surface area contributed by atoms with Crippen molar-refractivity contribution in [1.29, 1.82) is 0 Å². The SMILES string of the molecule is CCCN1CCc2cc(OC)c(OC)cc2CC1=O. The van der Waals surface area contributed by atoms with E-state index in [2.05, 4.69) is 6.92 Å². The number of hydrogen-bond donors (Lipinski definition) is 0. The molecule has 1 heterocycles. The van der Waals surface area contributed by atoms with E-state index in [1.54, 1.807) is 14.2 Å². The lowest BCUT2D eigenvalue weighted by Crippen LogP contribution is -2.32. The molecule has 4 nitrogen and oxygen atoms in total. The maximum atomic E-state index is 12.2. The molecule has 0 fully saturated rings. The van der Waals surface area contributed by atoms with Gasteiger partial charge in [-0.15, -0.1) is 0 Å². The molecule has 0 unspecified atom stereocenters.